The number of rotatable bonds is 3. The zero-order valence-electron chi connectivity index (χ0n) is 7.22. The highest BCUT2D eigenvalue weighted by molar-refractivity contribution is 6.31. The lowest BCUT2D eigenvalue weighted by Gasteiger charge is -2.14. The lowest BCUT2D eigenvalue weighted by Crippen LogP contribution is -2.20. The summed E-state index contributed by atoms with van der Waals surface area (Å²) < 4.78 is 13.0. The van der Waals surface area contributed by atoms with E-state index in [0.29, 0.717) is 5.56 Å². The summed E-state index contributed by atoms with van der Waals surface area (Å²) in [6.45, 7) is -0.111. The largest absolute Gasteiger partial charge is 0.394 e. The Morgan fingerprint density at radius 2 is 2.31 bits per heavy atom. The van der Waals surface area contributed by atoms with Crippen LogP contribution in [0.5, 0.6) is 0 Å². The Balaban J connectivity index is 3.05. The molecular formula is C9H11ClFNO. The second-order valence-electron chi connectivity index (χ2n) is 2.67. The van der Waals surface area contributed by atoms with E-state index in [4.69, 9.17) is 16.7 Å². The van der Waals surface area contributed by atoms with Gasteiger partial charge in [-0.3, -0.25) is 0 Å². The minimum atomic E-state index is -0.465. The predicted octanol–water partition coefficient (Wildman–Crippen LogP) is 1.73. The van der Waals surface area contributed by atoms with Gasteiger partial charge in [-0.1, -0.05) is 23.7 Å². The van der Waals surface area contributed by atoms with Crippen LogP contribution in [0, 0.1) is 5.82 Å². The topological polar surface area (TPSA) is 32.3 Å². The molecular weight excluding hydrogens is 193 g/mol. The minimum Gasteiger partial charge on any atom is -0.394 e. The summed E-state index contributed by atoms with van der Waals surface area (Å²) in [5, 5.41) is 11.9. The summed E-state index contributed by atoms with van der Waals surface area (Å²) in [7, 11) is 1.68. The summed E-state index contributed by atoms with van der Waals surface area (Å²) in [6.07, 6.45) is 0. The minimum absolute atomic E-state index is 0.0656. The van der Waals surface area contributed by atoms with Crippen LogP contribution >= 0.6 is 11.6 Å². The summed E-state index contributed by atoms with van der Waals surface area (Å²) in [5.74, 6) is -0.465. The van der Waals surface area contributed by atoms with E-state index in [1.807, 2.05) is 0 Å². The molecule has 0 fully saturated rings. The molecule has 0 aliphatic rings. The van der Waals surface area contributed by atoms with Gasteiger partial charge < -0.3 is 10.4 Å². The summed E-state index contributed by atoms with van der Waals surface area (Å²) in [5.41, 5.74) is 0.576. The molecule has 13 heavy (non-hydrogen) atoms. The van der Waals surface area contributed by atoms with Crippen LogP contribution in [0.2, 0.25) is 5.02 Å². The van der Waals surface area contributed by atoms with Crippen LogP contribution in [-0.2, 0) is 0 Å². The molecule has 0 radical (unpaired) electrons. The van der Waals surface area contributed by atoms with Gasteiger partial charge in [-0.15, -0.1) is 0 Å². The number of aliphatic hydroxyl groups excluding tert-OH is 1. The van der Waals surface area contributed by atoms with Crippen molar-refractivity contribution >= 4 is 11.6 Å². The summed E-state index contributed by atoms with van der Waals surface area (Å²) in [6, 6.07) is 4.22. The first-order valence-electron chi connectivity index (χ1n) is 3.92. The Kier molecular flexibility index (Phi) is 3.66. The average molecular weight is 204 g/mol. The molecule has 0 unspecified atom stereocenters. The number of hydrogen-bond acceptors (Lipinski definition) is 2. The molecule has 0 saturated heterocycles. The Labute approximate surface area is 81.3 Å². The molecule has 4 heteroatoms. The van der Waals surface area contributed by atoms with E-state index in [2.05, 4.69) is 5.32 Å². The van der Waals surface area contributed by atoms with Crippen LogP contribution in [0.4, 0.5) is 4.39 Å². The molecule has 0 amide bonds. The first kappa shape index (κ1) is 10.4. The van der Waals surface area contributed by atoms with Gasteiger partial charge in [0.2, 0.25) is 0 Å². The number of aliphatic hydroxyl groups is 1. The quantitative estimate of drug-likeness (QED) is 0.784. The molecule has 1 aromatic rings. The van der Waals surface area contributed by atoms with Crippen LogP contribution < -0.4 is 5.32 Å². The molecule has 0 aliphatic heterocycles. The normalized spacial score (nSPS) is 12.9. The molecule has 0 heterocycles. The lowest BCUT2D eigenvalue weighted by atomic mass is 10.1. The molecule has 0 spiro atoms. The Morgan fingerprint density at radius 1 is 1.62 bits per heavy atom. The maximum atomic E-state index is 13.0. The molecule has 0 saturated carbocycles. The van der Waals surface area contributed by atoms with Crippen LogP contribution in [0.15, 0.2) is 18.2 Å². The number of likely N-dealkylation sites (N-methyl/N-ethyl adjacent to an activating group) is 1. The van der Waals surface area contributed by atoms with E-state index < -0.39 is 5.82 Å². The fourth-order valence-corrected chi connectivity index (χ4v) is 1.39. The Morgan fingerprint density at radius 3 is 2.85 bits per heavy atom. The predicted molar refractivity (Wildman–Crippen MR) is 50.3 cm³/mol. The number of hydrogen-bond donors (Lipinski definition) is 2. The molecule has 2 nitrogen and oxygen atoms in total. The maximum absolute atomic E-state index is 13.0. The molecule has 1 atom stereocenters. The molecule has 72 valence electrons. The molecule has 1 rings (SSSR count). The van der Waals surface area contributed by atoms with Crippen molar-refractivity contribution in [1.82, 2.24) is 5.32 Å². The van der Waals surface area contributed by atoms with E-state index in [0.717, 1.165) is 0 Å². The molecule has 0 bridgehead atoms. The molecule has 2 N–H and O–H groups in total. The average Bonchev–Trinajstić information content (AvgIpc) is 2.14. The van der Waals surface area contributed by atoms with Gasteiger partial charge in [0, 0.05) is 0 Å². The van der Waals surface area contributed by atoms with Gasteiger partial charge in [-0.25, -0.2) is 4.39 Å². The van der Waals surface area contributed by atoms with E-state index >= 15 is 0 Å². The van der Waals surface area contributed by atoms with Gasteiger partial charge in [0.25, 0.3) is 0 Å². The van der Waals surface area contributed by atoms with E-state index in [1.54, 1.807) is 19.2 Å². The summed E-state index contributed by atoms with van der Waals surface area (Å²) >= 11 is 5.72. The number of nitrogens with one attached hydrogen (secondary N) is 1. The van der Waals surface area contributed by atoms with Gasteiger partial charge >= 0.3 is 0 Å². The molecule has 1 aromatic carbocycles. The van der Waals surface area contributed by atoms with Crippen molar-refractivity contribution in [3.8, 4) is 0 Å². The van der Waals surface area contributed by atoms with Crippen molar-refractivity contribution in [3.63, 3.8) is 0 Å². The second-order valence-corrected chi connectivity index (χ2v) is 3.04. The standard InChI is InChI=1S/C9H11ClFNO/c1-12-8(5-13)6-3-2-4-7(11)9(6)10/h2-4,8,12-13H,5H2,1H3/t8-/m0/s1. The zero-order chi connectivity index (χ0) is 9.84. The molecule has 0 aliphatic carbocycles. The van der Waals surface area contributed by atoms with Gasteiger partial charge in [0.1, 0.15) is 5.82 Å². The van der Waals surface area contributed by atoms with Crippen molar-refractivity contribution in [2.24, 2.45) is 0 Å². The van der Waals surface area contributed by atoms with E-state index in [9.17, 15) is 4.39 Å². The Hall–Kier alpha value is -0.640. The van der Waals surface area contributed by atoms with Gasteiger partial charge in [-0.05, 0) is 18.7 Å². The van der Waals surface area contributed by atoms with Crippen molar-refractivity contribution in [2.45, 2.75) is 6.04 Å². The third-order valence-corrected chi connectivity index (χ3v) is 2.29. The SMILES string of the molecule is CN[C@@H](CO)c1cccc(F)c1Cl. The highest BCUT2D eigenvalue weighted by Gasteiger charge is 2.13. The first-order chi connectivity index (χ1) is 6.20. The van der Waals surface area contributed by atoms with Gasteiger partial charge in [0.15, 0.2) is 0 Å². The fourth-order valence-electron chi connectivity index (χ4n) is 1.13. The third kappa shape index (κ3) is 2.18. The van der Waals surface area contributed by atoms with Crippen LogP contribution in [0.25, 0.3) is 0 Å². The Bertz CT molecular complexity index is 289. The van der Waals surface area contributed by atoms with Crippen LogP contribution in [-0.4, -0.2) is 18.8 Å². The highest BCUT2D eigenvalue weighted by atomic mass is 35.5. The van der Waals surface area contributed by atoms with Crippen LogP contribution in [0.3, 0.4) is 0 Å². The number of halogens is 2. The van der Waals surface area contributed by atoms with E-state index in [-0.39, 0.29) is 17.7 Å². The monoisotopic (exact) mass is 203 g/mol. The smallest absolute Gasteiger partial charge is 0.142 e. The van der Waals surface area contributed by atoms with Crippen molar-refractivity contribution in [2.75, 3.05) is 13.7 Å². The number of benzene rings is 1. The van der Waals surface area contributed by atoms with Crippen molar-refractivity contribution in [1.29, 1.82) is 0 Å². The summed E-state index contributed by atoms with van der Waals surface area (Å²) in [4.78, 5) is 0. The second kappa shape index (κ2) is 4.56. The molecule has 0 aromatic heterocycles. The third-order valence-electron chi connectivity index (χ3n) is 1.89. The van der Waals surface area contributed by atoms with Crippen molar-refractivity contribution in [3.05, 3.63) is 34.6 Å². The van der Waals surface area contributed by atoms with Gasteiger partial charge in [0.05, 0.1) is 17.7 Å². The first-order valence-corrected chi connectivity index (χ1v) is 4.30. The zero-order valence-corrected chi connectivity index (χ0v) is 7.98. The van der Waals surface area contributed by atoms with Crippen molar-refractivity contribution < 1.29 is 9.50 Å². The van der Waals surface area contributed by atoms with Crippen LogP contribution in [0.1, 0.15) is 11.6 Å². The fraction of sp³-hybridized carbons (Fsp3) is 0.333. The van der Waals surface area contributed by atoms with E-state index in [1.165, 1.54) is 6.07 Å². The highest BCUT2D eigenvalue weighted by Crippen LogP contribution is 2.24. The maximum Gasteiger partial charge on any atom is 0.142 e. The van der Waals surface area contributed by atoms with Gasteiger partial charge in [-0.2, -0.15) is 0 Å². The lowest BCUT2D eigenvalue weighted by molar-refractivity contribution is 0.251.